The highest BCUT2D eigenvalue weighted by Crippen LogP contribution is 2.17. The van der Waals surface area contributed by atoms with Gasteiger partial charge < -0.3 is 9.69 Å². The molecule has 56 valence electrons. The molecule has 0 saturated carbocycles. The minimum Gasteiger partial charge on any atom is -0.342 e. The average Bonchev–Trinajstić information content (AvgIpc) is 2.20. The van der Waals surface area contributed by atoms with Gasteiger partial charge in [0.2, 0.25) is 5.91 Å². The molecule has 1 atom stereocenters. The number of aldehydes is 1. The summed E-state index contributed by atoms with van der Waals surface area (Å²) in [7, 11) is 1.75. The Morgan fingerprint density at radius 1 is 1.80 bits per heavy atom. The molecule has 0 aromatic rings. The van der Waals surface area contributed by atoms with E-state index in [4.69, 9.17) is 0 Å². The van der Waals surface area contributed by atoms with Crippen molar-refractivity contribution in [3.63, 3.8) is 0 Å². The third-order valence-corrected chi connectivity index (χ3v) is 2.00. The highest BCUT2D eigenvalue weighted by molar-refractivity contribution is 5.78. The Morgan fingerprint density at radius 3 is 2.90 bits per heavy atom. The van der Waals surface area contributed by atoms with E-state index in [1.165, 1.54) is 0 Å². The number of carbonyl (C=O) groups excluding carboxylic acids is 2. The van der Waals surface area contributed by atoms with Crippen molar-refractivity contribution in [2.24, 2.45) is 0 Å². The van der Waals surface area contributed by atoms with Gasteiger partial charge in [-0.05, 0) is 6.42 Å². The number of amides is 1. The molecule has 0 N–H and O–H groups in total. The minimum absolute atomic E-state index is 0.159. The van der Waals surface area contributed by atoms with Gasteiger partial charge >= 0.3 is 0 Å². The SMILES string of the molecule is CN1C(=O)CC[C@H]1CC=O. The van der Waals surface area contributed by atoms with Gasteiger partial charge in [-0.15, -0.1) is 0 Å². The molecule has 1 fully saturated rings. The molecule has 0 unspecified atom stereocenters. The summed E-state index contributed by atoms with van der Waals surface area (Å²) in [6.07, 6.45) is 2.81. The molecule has 1 rings (SSSR count). The zero-order valence-corrected chi connectivity index (χ0v) is 6.04. The van der Waals surface area contributed by atoms with Crippen LogP contribution >= 0.6 is 0 Å². The molecular formula is C7H11NO2. The number of hydrogen-bond acceptors (Lipinski definition) is 2. The van der Waals surface area contributed by atoms with Gasteiger partial charge in [0.1, 0.15) is 6.29 Å². The fourth-order valence-corrected chi connectivity index (χ4v) is 1.25. The lowest BCUT2D eigenvalue weighted by molar-refractivity contribution is -0.127. The van der Waals surface area contributed by atoms with E-state index in [0.29, 0.717) is 12.8 Å². The Morgan fingerprint density at radius 2 is 2.50 bits per heavy atom. The number of rotatable bonds is 2. The Labute approximate surface area is 60.0 Å². The monoisotopic (exact) mass is 141 g/mol. The van der Waals surface area contributed by atoms with E-state index >= 15 is 0 Å². The molecule has 1 aliphatic heterocycles. The van der Waals surface area contributed by atoms with Gasteiger partial charge in [-0.1, -0.05) is 0 Å². The van der Waals surface area contributed by atoms with Crippen LogP contribution in [0.5, 0.6) is 0 Å². The van der Waals surface area contributed by atoms with Gasteiger partial charge in [0.15, 0.2) is 0 Å². The zero-order valence-electron chi connectivity index (χ0n) is 6.04. The van der Waals surface area contributed by atoms with Gasteiger partial charge in [0, 0.05) is 25.9 Å². The molecule has 3 heteroatoms. The molecule has 0 radical (unpaired) electrons. The van der Waals surface area contributed by atoms with E-state index in [1.54, 1.807) is 11.9 Å². The van der Waals surface area contributed by atoms with E-state index < -0.39 is 0 Å². The summed E-state index contributed by atoms with van der Waals surface area (Å²) in [5.74, 6) is 0.159. The van der Waals surface area contributed by atoms with Gasteiger partial charge in [-0.25, -0.2) is 0 Å². The van der Waals surface area contributed by atoms with Crippen LogP contribution in [0.25, 0.3) is 0 Å². The molecule has 10 heavy (non-hydrogen) atoms. The molecule has 0 aliphatic carbocycles. The summed E-state index contributed by atoms with van der Waals surface area (Å²) in [5.41, 5.74) is 0. The third-order valence-electron chi connectivity index (χ3n) is 2.00. The first kappa shape index (κ1) is 7.25. The minimum atomic E-state index is 0.159. The first-order valence-corrected chi connectivity index (χ1v) is 3.45. The maximum Gasteiger partial charge on any atom is 0.222 e. The van der Waals surface area contributed by atoms with Gasteiger partial charge in [-0.3, -0.25) is 4.79 Å². The number of hydrogen-bond donors (Lipinski definition) is 0. The third kappa shape index (κ3) is 1.17. The summed E-state index contributed by atoms with van der Waals surface area (Å²) < 4.78 is 0. The second kappa shape index (κ2) is 2.82. The fourth-order valence-electron chi connectivity index (χ4n) is 1.25. The quantitative estimate of drug-likeness (QED) is 0.515. The van der Waals surface area contributed by atoms with Crippen molar-refractivity contribution in [3.05, 3.63) is 0 Å². The van der Waals surface area contributed by atoms with Gasteiger partial charge in [0.05, 0.1) is 0 Å². The first-order chi connectivity index (χ1) is 4.75. The Balaban J connectivity index is 2.48. The molecule has 0 bridgehead atoms. The van der Waals surface area contributed by atoms with E-state index in [2.05, 4.69) is 0 Å². The molecule has 0 aromatic carbocycles. The summed E-state index contributed by atoms with van der Waals surface area (Å²) in [5, 5.41) is 0. The smallest absolute Gasteiger partial charge is 0.222 e. The van der Waals surface area contributed by atoms with E-state index in [-0.39, 0.29) is 11.9 Å². The second-order valence-corrected chi connectivity index (χ2v) is 2.60. The molecule has 0 spiro atoms. The van der Waals surface area contributed by atoms with Crippen molar-refractivity contribution in [1.82, 2.24) is 4.90 Å². The Bertz CT molecular complexity index is 156. The summed E-state index contributed by atoms with van der Waals surface area (Å²) in [6.45, 7) is 0. The predicted molar refractivity (Wildman–Crippen MR) is 36.5 cm³/mol. The highest BCUT2D eigenvalue weighted by Gasteiger charge is 2.26. The normalized spacial score (nSPS) is 25.5. The largest absolute Gasteiger partial charge is 0.342 e. The van der Waals surface area contributed by atoms with Crippen LogP contribution in [0, 0.1) is 0 Å². The highest BCUT2D eigenvalue weighted by atomic mass is 16.2. The molecule has 1 amide bonds. The van der Waals surface area contributed by atoms with Crippen LogP contribution < -0.4 is 0 Å². The van der Waals surface area contributed by atoms with E-state index in [9.17, 15) is 9.59 Å². The Hall–Kier alpha value is -0.860. The van der Waals surface area contributed by atoms with Crippen molar-refractivity contribution in [2.45, 2.75) is 25.3 Å². The number of nitrogens with zero attached hydrogens (tertiary/aromatic N) is 1. The molecule has 1 aliphatic rings. The molecule has 3 nitrogen and oxygen atoms in total. The number of likely N-dealkylation sites (tertiary alicyclic amines) is 1. The predicted octanol–water partition coefficient (Wildman–Crippen LogP) is 0.196. The lowest BCUT2D eigenvalue weighted by Gasteiger charge is -2.16. The van der Waals surface area contributed by atoms with Crippen molar-refractivity contribution >= 4 is 12.2 Å². The van der Waals surface area contributed by atoms with E-state index in [1.807, 2.05) is 0 Å². The van der Waals surface area contributed by atoms with Crippen molar-refractivity contribution in [2.75, 3.05) is 7.05 Å². The van der Waals surface area contributed by atoms with Crippen LogP contribution in [0.1, 0.15) is 19.3 Å². The summed E-state index contributed by atoms with van der Waals surface area (Å²) >= 11 is 0. The van der Waals surface area contributed by atoms with Crippen molar-refractivity contribution < 1.29 is 9.59 Å². The first-order valence-electron chi connectivity index (χ1n) is 3.45. The van der Waals surface area contributed by atoms with Crippen LogP contribution in [-0.2, 0) is 9.59 Å². The molecule has 1 saturated heterocycles. The van der Waals surface area contributed by atoms with Crippen LogP contribution in [0.4, 0.5) is 0 Å². The Kier molecular flexibility index (Phi) is 2.04. The molecule has 1 heterocycles. The van der Waals surface area contributed by atoms with Gasteiger partial charge in [0.25, 0.3) is 0 Å². The van der Waals surface area contributed by atoms with Crippen LogP contribution in [0.15, 0.2) is 0 Å². The summed E-state index contributed by atoms with van der Waals surface area (Å²) in [6, 6.07) is 0.171. The van der Waals surface area contributed by atoms with Crippen molar-refractivity contribution in [1.29, 1.82) is 0 Å². The maximum absolute atomic E-state index is 10.9. The number of carbonyl (C=O) groups is 2. The van der Waals surface area contributed by atoms with Crippen molar-refractivity contribution in [3.8, 4) is 0 Å². The molecular weight excluding hydrogens is 130 g/mol. The average molecular weight is 141 g/mol. The van der Waals surface area contributed by atoms with E-state index in [0.717, 1.165) is 12.7 Å². The topological polar surface area (TPSA) is 37.4 Å². The van der Waals surface area contributed by atoms with Crippen LogP contribution in [0.2, 0.25) is 0 Å². The summed E-state index contributed by atoms with van der Waals surface area (Å²) in [4.78, 5) is 22.6. The fraction of sp³-hybridized carbons (Fsp3) is 0.714. The van der Waals surface area contributed by atoms with Crippen LogP contribution in [0.3, 0.4) is 0 Å². The molecule has 0 aromatic heterocycles. The second-order valence-electron chi connectivity index (χ2n) is 2.60. The lowest BCUT2D eigenvalue weighted by Crippen LogP contribution is -2.28. The standard InChI is InChI=1S/C7H11NO2/c1-8-6(4-5-9)2-3-7(8)10/h5-6H,2-4H2,1H3/t6-/m0/s1. The lowest BCUT2D eigenvalue weighted by atomic mass is 10.2. The van der Waals surface area contributed by atoms with Crippen LogP contribution in [-0.4, -0.2) is 30.2 Å². The zero-order chi connectivity index (χ0) is 7.56. The van der Waals surface area contributed by atoms with Gasteiger partial charge in [-0.2, -0.15) is 0 Å². The maximum atomic E-state index is 10.9.